The van der Waals surface area contributed by atoms with Gasteiger partial charge < -0.3 is 4.74 Å². The van der Waals surface area contributed by atoms with E-state index >= 15 is 0 Å². The maximum absolute atomic E-state index is 11.9. The Kier molecular flexibility index (Phi) is 2.89. The second-order valence-corrected chi connectivity index (χ2v) is 6.59. The lowest BCUT2D eigenvalue weighted by Gasteiger charge is -2.55. The summed E-state index contributed by atoms with van der Waals surface area (Å²) in [5.74, 6) is -0.285. The van der Waals surface area contributed by atoms with Crippen molar-refractivity contribution >= 4 is 29.0 Å². The van der Waals surface area contributed by atoms with Crippen LogP contribution in [0.1, 0.15) is 27.2 Å². The van der Waals surface area contributed by atoms with Gasteiger partial charge in [-0.25, -0.2) is 0 Å². The number of ether oxygens (including phenoxy) is 1. The summed E-state index contributed by atoms with van der Waals surface area (Å²) in [6, 6.07) is 0. The van der Waals surface area contributed by atoms with E-state index in [4.69, 9.17) is 27.9 Å². The Morgan fingerprint density at radius 1 is 1.44 bits per heavy atom. The quantitative estimate of drug-likeness (QED) is 0.536. The van der Waals surface area contributed by atoms with Gasteiger partial charge in [-0.2, -0.15) is 0 Å². The summed E-state index contributed by atoms with van der Waals surface area (Å²) >= 11 is 12.1. The van der Waals surface area contributed by atoms with Crippen LogP contribution < -0.4 is 0 Å². The predicted molar refractivity (Wildman–Crippen MR) is 64.8 cm³/mol. The van der Waals surface area contributed by atoms with E-state index in [9.17, 15) is 4.79 Å². The van der Waals surface area contributed by atoms with E-state index in [2.05, 4.69) is 6.92 Å². The zero-order valence-corrected chi connectivity index (χ0v) is 11.2. The average molecular weight is 263 g/mol. The number of alkyl halides is 2. The maximum Gasteiger partial charge on any atom is 0.182 e. The second-order valence-electron chi connectivity index (χ2n) is 5.26. The number of halogens is 2. The van der Waals surface area contributed by atoms with Crippen LogP contribution >= 0.6 is 23.2 Å². The van der Waals surface area contributed by atoms with Gasteiger partial charge in [0.05, 0.1) is 18.6 Å². The Hall–Kier alpha value is -0.0500. The van der Waals surface area contributed by atoms with E-state index in [0.29, 0.717) is 6.61 Å². The van der Waals surface area contributed by atoms with Crippen LogP contribution in [0.25, 0.3) is 0 Å². The Balaban J connectivity index is 2.18. The number of hydrogen-bond acceptors (Lipinski definition) is 2. The van der Waals surface area contributed by atoms with E-state index in [1.54, 1.807) is 0 Å². The maximum atomic E-state index is 11.9. The molecule has 4 heteroatoms. The normalized spacial score (nSPS) is 36.6. The first kappa shape index (κ1) is 12.4. The van der Waals surface area contributed by atoms with Crippen molar-refractivity contribution in [3.8, 4) is 0 Å². The Labute approximate surface area is 106 Å². The molecule has 0 N–H and O–H groups in total. The third-order valence-corrected chi connectivity index (χ3v) is 5.16. The molecule has 0 amide bonds. The van der Waals surface area contributed by atoms with Gasteiger partial charge in [0.1, 0.15) is 0 Å². The monoisotopic (exact) mass is 262 g/mol. The number of Topliss-reactive ketones (excluding diaryl/α,β-unsaturated/α-hetero) is 1. The van der Waals surface area contributed by atoms with E-state index < -0.39 is 9.75 Å². The third-order valence-electron chi connectivity index (χ3n) is 3.82. The van der Waals surface area contributed by atoms with E-state index in [1.165, 1.54) is 5.57 Å². The van der Waals surface area contributed by atoms with E-state index in [1.807, 2.05) is 19.9 Å². The fourth-order valence-corrected chi connectivity index (χ4v) is 3.05. The molecule has 2 unspecified atom stereocenters. The Morgan fingerprint density at radius 3 is 2.56 bits per heavy atom. The molecule has 2 aliphatic rings. The topological polar surface area (TPSA) is 26.3 Å². The summed E-state index contributed by atoms with van der Waals surface area (Å²) in [6.45, 7) is 6.49. The summed E-state index contributed by atoms with van der Waals surface area (Å²) in [4.78, 5) is 11.9. The number of ketones is 1. The van der Waals surface area contributed by atoms with Crippen molar-refractivity contribution in [2.24, 2.45) is 11.3 Å². The van der Waals surface area contributed by atoms with E-state index in [0.717, 1.165) is 6.42 Å². The minimum atomic E-state index is -1.25. The molecule has 0 radical (unpaired) electrons. The van der Waals surface area contributed by atoms with Gasteiger partial charge in [0, 0.05) is 5.41 Å². The molecular weight excluding hydrogens is 247 g/mol. The SMILES string of the molecule is CC1=CCOC(C2C(=O)C(Cl)(Cl)C2(C)C)C1. The standard InChI is InChI=1S/C12H16Cl2O2/c1-7-4-5-16-8(6-7)9-10(15)12(13,14)11(9,2)3/h4,8-9H,5-6H2,1-3H3. The smallest absolute Gasteiger partial charge is 0.182 e. The molecule has 0 aromatic heterocycles. The summed E-state index contributed by atoms with van der Waals surface area (Å²) in [6.07, 6.45) is 2.77. The summed E-state index contributed by atoms with van der Waals surface area (Å²) in [5, 5.41) is 0. The summed E-state index contributed by atoms with van der Waals surface area (Å²) in [5.41, 5.74) is 0.844. The Morgan fingerprint density at radius 2 is 2.06 bits per heavy atom. The molecule has 16 heavy (non-hydrogen) atoms. The number of hydrogen-bond donors (Lipinski definition) is 0. The fourth-order valence-electron chi connectivity index (χ4n) is 2.58. The van der Waals surface area contributed by atoms with Gasteiger partial charge in [-0.15, -0.1) is 0 Å². The van der Waals surface area contributed by atoms with E-state index in [-0.39, 0.29) is 17.8 Å². The van der Waals surface area contributed by atoms with Crippen LogP contribution in [0.15, 0.2) is 11.6 Å². The lowest BCUT2D eigenvalue weighted by Crippen LogP contribution is -2.66. The fraction of sp³-hybridized carbons (Fsp3) is 0.750. The second kappa shape index (κ2) is 3.72. The highest BCUT2D eigenvalue weighted by atomic mass is 35.5. The lowest BCUT2D eigenvalue weighted by molar-refractivity contribution is -0.155. The molecule has 0 spiro atoms. The van der Waals surface area contributed by atoms with Gasteiger partial charge in [0.25, 0.3) is 0 Å². The minimum Gasteiger partial charge on any atom is -0.373 e. The van der Waals surface area contributed by atoms with Crippen molar-refractivity contribution in [2.75, 3.05) is 6.61 Å². The highest BCUT2D eigenvalue weighted by Crippen LogP contribution is 2.60. The van der Waals surface area contributed by atoms with Crippen LogP contribution in [0.3, 0.4) is 0 Å². The van der Waals surface area contributed by atoms with Crippen LogP contribution in [0, 0.1) is 11.3 Å². The molecule has 1 heterocycles. The van der Waals surface area contributed by atoms with Crippen molar-refractivity contribution < 1.29 is 9.53 Å². The number of carbonyl (C=O) groups excluding carboxylic acids is 1. The summed E-state index contributed by atoms with van der Waals surface area (Å²) in [7, 11) is 0. The number of carbonyl (C=O) groups is 1. The first-order chi connectivity index (χ1) is 7.28. The molecule has 1 saturated carbocycles. The molecule has 0 bridgehead atoms. The van der Waals surface area contributed by atoms with Crippen molar-refractivity contribution in [1.29, 1.82) is 0 Å². The van der Waals surface area contributed by atoms with Crippen LogP contribution in [-0.4, -0.2) is 22.8 Å². The van der Waals surface area contributed by atoms with Gasteiger partial charge in [0.15, 0.2) is 10.1 Å². The molecule has 0 saturated heterocycles. The molecule has 0 aromatic rings. The molecule has 2 nitrogen and oxygen atoms in total. The third kappa shape index (κ3) is 1.54. The van der Waals surface area contributed by atoms with Crippen LogP contribution in [0.2, 0.25) is 0 Å². The van der Waals surface area contributed by atoms with Gasteiger partial charge >= 0.3 is 0 Å². The molecule has 1 fully saturated rings. The molecule has 1 aliphatic heterocycles. The molecule has 0 aromatic carbocycles. The van der Waals surface area contributed by atoms with Gasteiger partial charge in [-0.1, -0.05) is 48.7 Å². The van der Waals surface area contributed by atoms with Crippen molar-refractivity contribution in [3.05, 3.63) is 11.6 Å². The van der Waals surface area contributed by atoms with Gasteiger partial charge in [0.2, 0.25) is 0 Å². The average Bonchev–Trinajstić information content (AvgIpc) is 2.17. The predicted octanol–water partition coefficient (Wildman–Crippen LogP) is 3.12. The van der Waals surface area contributed by atoms with Crippen molar-refractivity contribution in [3.63, 3.8) is 0 Å². The van der Waals surface area contributed by atoms with Gasteiger partial charge in [-0.05, 0) is 13.3 Å². The number of rotatable bonds is 1. The van der Waals surface area contributed by atoms with Crippen LogP contribution in [-0.2, 0) is 9.53 Å². The first-order valence-corrected chi connectivity index (χ1v) is 6.23. The molecular formula is C12H16Cl2O2. The minimum absolute atomic E-state index is 0.0712. The molecule has 2 atom stereocenters. The molecule has 1 aliphatic carbocycles. The van der Waals surface area contributed by atoms with Gasteiger partial charge in [-0.3, -0.25) is 4.79 Å². The zero-order valence-electron chi connectivity index (χ0n) is 9.72. The van der Waals surface area contributed by atoms with Crippen LogP contribution in [0.4, 0.5) is 0 Å². The zero-order chi connectivity index (χ0) is 12.1. The molecule has 2 rings (SSSR count). The lowest BCUT2D eigenvalue weighted by atomic mass is 9.57. The highest BCUT2D eigenvalue weighted by molar-refractivity contribution is 6.61. The summed E-state index contributed by atoms with van der Waals surface area (Å²) < 4.78 is 4.38. The van der Waals surface area contributed by atoms with Crippen molar-refractivity contribution in [1.82, 2.24) is 0 Å². The highest BCUT2D eigenvalue weighted by Gasteiger charge is 2.68. The van der Waals surface area contributed by atoms with Crippen molar-refractivity contribution in [2.45, 2.75) is 37.6 Å². The Bertz CT molecular complexity index is 358. The first-order valence-electron chi connectivity index (χ1n) is 5.48. The molecule has 90 valence electrons. The van der Waals surface area contributed by atoms with Crippen LogP contribution in [0.5, 0.6) is 0 Å². The largest absolute Gasteiger partial charge is 0.373 e.